The second-order valence-corrected chi connectivity index (χ2v) is 5.23. The van der Waals surface area contributed by atoms with Gasteiger partial charge in [0.1, 0.15) is 5.75 Å². The molecule has 0 atom stereocenters. The van der Waals surface area contributed by atoms with Gasteiger partial charge in [-0.3, -0.25) is 4.90 Å². The van der Waals surface area contributed by atoms with Crippen LogP contribution in [-0.2, 0) is 6.54 Å². The maximum absolute atomic E-state index is 6.37. The van der Waals surface area contributed by atoms with E-state index in [1.165, 1.54) is 11.1 Å². The van der Waals surface area contributed by atoms with Crippen LogP contribution in [0.1, 0.15) is 16.7 Å². The van der Waals surface area contributed by atoms with Crippen LogP contribution in [0, 0.1) is 13.8 Å². The highest BCUT2D eigenvalue weighted by molar-refractivity contribution is 6.33. The summed E-state index contributed by atoms with van der Waals surface area (Å²) < 4.78 is 5.48. The lowest BCUT2D eigenvalue weighted by Crippen LogP contribution is -2.42. The first-order valence-electron chi connectivity index (χ1n) is 6.39. The van der Waals surface area contributed by atoms with E-state index < -0.39 is 0 Å². The molecule has 1 heterocycles. The highest BCUT2D eigenvalue weighted by atomic mass is 35.5. The third-order valence-corrected chi connectivity index (χ3v) is 4.07. The smallest absolute Gasteiger partial charge is 0.142 e. The maximum atomic E-state index is 6.37. The van der Waals surface area contributed by atoms with E-state index in [0.29, 0.717) is 0 Å². The molecule has 0 bridgehead atoms. The van der Waals surface area contributed by atoms with Gasteiger partial charge in [-0.05, 0) is 25.0 Å². The Morgan fingerprint density at radius 3 is 2.61 bits per heavy atom. The third-order valence-electron chi connectivity index (χ3n) is 3.61. The Morgan fingerprint density at radius 2 is 2.00 bits per heavy atom. The molecule has 1 aliphatic rings. The number of aryl methyl sites for hydroxylation is 1. The highest BCUT2D eigenvalue weighted by Gasteiger charge is 2.17. The Morgan fingerprint density at radius 1 is 1.33 bits per heavy atom. The van der Waals surface area contributed by atoms with E-state index in [1.54, 1.807) is 7.11 Å². The topological polar surface area (TPSA) is 24.5 Å². The summed E-state index contributed by atoms with van der Waals surface area (Å²) in [4.78, 5) is 2.43. The molecule has 0 radical (unpaired) electrons. The van der Waals surface area contributed by atoms with Crippen LogP contribution in [0.4, 0.5) is 0 Å². The second kappa shape index (κ2) is 5.91. The predicted octanol–water partition coefficient (Wildman–Crippen LogP) is 2.37. The third kappa shape index (κ3) is 2.79. The molecule has 1 fully saturated rings. The molecule has 0 aliphatic carbocycles. The number of piperazine rings is 1. The van der Waals surface area contributed by atoms with Crippen LogP contribution in [0.25, 0.3) is 0 Å². The zero-order chi connectivity index (χ0) is 13.1. The largest absolute Gasteiger partial charge is 0.495 e. The van der Waals surface area contributed by atoms with Crippen LogP contribution in [0.2, 0.25) is 5.02 Å². The molecule has 1 aromatic rings. The first-order valence-corrected chi connectivity index (χ1v) is 6.77. The quantitative estimate of drug-likeness (QED) is 0.911. The van der Waals surface area contributed by atoms with Crippen LogP contribution in [-0.4, -0.2) is 38.2 Å². The van der Waals surface area contributed by atoms with E-state index in [-0.39, 0.29) is 0 Å². The van der Waals surface area contributed by atoms with Gasteiger partial charge in [0.15, 0.2) is 0 Å². The monoisotopic (exact) mass is 268 g/mol. The summed E-state index contributed by atoms with van der Waals surface area (Å²) in [7, 11) is 1.69. The molecule has 0 saturated carbocycles. The molecule has 0 spiro atoms. The summed E-state index contributed by atoms with van der Waals surface area (Å²) in [6.07, 6.45) is 0. The van der Waals surface area contributed by atoms with E-state index in [4.69, 9.17) is 16.3 Å². The zero-order valence-corrected chi connectivity index (χ0v) is 12.1. The van der Waals surface area contributed by atoms with Gasteiger partial charge in [-0.1, -0.05) is 17.7 Å². The van der Waals surface area contributed by atoms with Crippen molar-refractivity contribution >= 4 is 11.6 Å². The molecule has 100 valence electrons. The first-order chi connectivity index (χ1) is 8.63. The van der Waals surface area contributed by atoms with Crippen LogP contribution in [0.5, 0.6) is 5.75 Å². The van der Waals surface area contributed by atoms with Crippen molar-refractivity contribution in [2.75, 3.05) is 33.3 Å². The number of hydrogen-bond acceptors (Lipinski definition) is 3. The van der Waals surface area contributed by atoms with Crippen molar-refractivity contribution in [2.24, 2.45) is 0 Å². The van der Waals surface area contributed by atoms with Crippen molar-refractivity contribution in [2.45, 2.75) is 20.4 Å². The number of nitrogens with zero attached hydrogens (tertiary/aromatic N) is 1. The molecule has 0 amide bonds. The molecule has 18 heavy (non-hydrogen) atoms. The fraction of sp³-hybridized carbons (Fsp3) is 0.571. The fourth-order valence-corrected chi connectivity index (χ4v) is 2.72. The molecular formula is C14H21ClN2O. The number of hydrogen-bond donors (Lipinski definition) is 1. The molecule has 1 N–H and O–H groups in total. The Bertz CT molecular complexity index is 428. The standard InChI is InChI=1S/C14H21ClN2O/c1-10-8-12(9-17-6-4-16-5-7-17)14(18-3)13(15)11(10)2/h8,16H,4-7,9H2,1-3H3. The maximum Gasteiger partial charge on any atom is 0.142 e. The van der Waals surface area contributed by atoms with Crippen LogP contribution < -0.4 is 10.1 Å². The van der Waals surface area contributed by atoms with E-state index in [1.807, 2.05) is 6.92 Å². The number of methoxy groups -OCH3 is 1. The Kier molecular flexibility index (Phi) is 4.49. The predicted molar refractivity (Wildman–Crippen MR) is 75.6 cm³/mol. The minimum atomic E-state index is 0.752. The van der Waals surface area contributed by atoms with Crippen molar-refractivity contribution in [3.63, 3.8) is 0 Å². The Hall–Kier alpha value is -0.770. The van der Waals surface area contributed by atoms with E-state index in [9.17, 15) is 0 Å². The fourth-order valence-electron chi connectivity index (χ4n) is 2.37. The average molecular weight is 269 g/mol. The van der Waals surface area contributed by atoms with Gasteiger partial charge < -0.3 is 10.1 Å². The zero-order valence-electron chi connectivity index (χ0n) is 11.3. The van der Waals surface area contributed by atoms with E-state index >= 15 is 0 Å². The van der Waals surface area contributed by atoms with Crippen LogP contribution in [0.3, 0.4) is 0 Å². The van der Waals surface area contributed by atoms with Gasteiger partial charge in [0.05, 0.1) is 12.1 Å². The number of benzene rings is 1. The lowest BCUT2D eigenvalue weighted by Gasteiger charge is -2.28. The van der Waals surface area contributed by atoms with Gasteiger partial charge in [0, 0.05) is 38.3 Å². The molecule has 1 saturated heterocycles. The average Bonchev–Trinajstić information content (AvgIpc) is 2.38. The van der Waals surface area contributed by atoms with Crippen molar-refractivity contribution in [1.82, 2.24) is 10.2 Å². The van der Waals surface area contributed by atoms with Crippen molar-refractivity contribution in [1.29, 1.82) is 0 Å². The summed E-state index contributed by atoms with van der Waals surface area (Å²) in [5.74, 6) is 0.832. The number of ether oxygens (including phenoxy) is 1. The number of halogens is 1. The summed E-state index contributed by atoms with van der Waals surface area (Å²) in [5.41, 5.74) is 3.52. The van der Waals surface area contributed by atoms with Crippen molar-refractivity contribution in [3.8, 4) is 5.75 Å². The van der Waals surface area contributed by atoms with Crippen LogP contribution in [0.15, 0.2) is 6.07 Å². The first kappa shape index (κ1) is 13.7. The Balaban J connectivity index is 2.25. The van der Waals surface area contributed by atoms with E-state index in [2.05, 4.69) is 23.2 Å². The Labute approximate surface area is 114 Å². The van der Waals surface area contributed by atoms with Crippen molar-refractivity contribution < 1.29 is 4.74 Å². The summed E-state index contributed by atoms with van der Waals surface area (Å²) in [6, 6.07) is 2.20. The molecule has 1 aliphatic heterocycles. The molecule has 4 heteroatoms. The van der Waals surface area contributed by atoms with Gasteiger partial charge in [0.2, 0.25) is 0 Å². The molecule has 1 aromatic carbocycles. The number of nitrogens with one attached hydrogen (secondary N) is 1. The summed E-state index contributed by atoms with van der Waals surface area (Å²) in [5, 5.41) is 4.11. The summed E-state index contributed by atoms with van der Waals surface area (Å²) in [6.45, 7) is 9.31. The van der Waals surface area contributed by atoms with Gasteiger partial charge >= 0.3 is 0 Å². The normalized spacial score (nSPS) is 16.9. The van der Waals surface area contributed by atoms with Gasteiger partial charge in [-0.15, -0.1) is 0 Å². The lowest BCUT2D eigenvalue weighted by atomic mass is 10.0. The van der Waals surface area contributed by atoms with Gasteiger partial charge in [-0.2, -0.15) is 0 Å². The SMILES string of the molecule is COc1c(CN2CCNCC2)cc(C)c(C)c1Cl. The molecule has 3 nitrogen and oxygen atoms in total. The minimum Gasteiger partial charge on any atom is -0.495 e. The second-order valence-electron chi connectivity index (χ2n) is 4.85. The molecule has 0 aromatic heterocycles. The van der Waals surface area contributed by atoms with E-state index in [0.717, 1.165) is 49.1 Å². The van der Waals surface area contributed by atoms with Gasteiger partial charge in [-0.25, -0.2) is 0 Å². The molecule has 0 unspecified atom stereocenters. The van der Waals surface area contributed by atoms with Gasteiger partial charge in [0.25, 0.3) is 0 Å². The van der Waals surface area contributed by atoms with Crippen LogP contribution >= 0.6 is 11.6 Å². The minimum absolute atomic E-state index is 0.752. The lowest BCUT2D eigenvalue weighted by molar-refractivity contribution is 0.230. The summed E-state index contributed by atoms with van der Waals surface area (Å²) >= 11 is 6.37. The molecule has 2 rings (SSSR count). The van der Waals surface area contributed by atoms with Crippen molar-refractivity contribution in [3.05, 3.63) is 27.8 Å². The highest BCUT2D eigenvalue weighted by Crippen LogP contribution is 2.34. The number of rotatable bonds is 3. The molecular weight excluding hydrogens is 248 g/mol.